The minimum atomic E-state index is -0.459. The number of Topliss-reactive ketones (excluding diaryl/α,β-unsaturated/α-hetero) is 1. The molecule has 3 heterocycles. The minimum Gasteiger partial charge on any atom is -0.344 e. The molecule has 1 aliphatic rings. The molecule has 0 saturated carbocycles. The van der Waals surface area contributed by atoms with E-state index in [-0.39, 0.29) is 5.78 Å². The van der Waals surface area contributed by atoms with Crippen LogP contribution in [0.1, 0.15) is 56.5 Å². The summed E-state index contributed by atoms with van der Waals surface area (Å²) in [7, 11) is 0. The number of likely N-dealkylation sites (tertiary alicyclic amines) is 1. The Morgan fingerprint density at radius 3 is 2.86 bits per heavy atom. The van der Waals surface area contributed by atoms with E-state index < -0.39 is 5.41 Å². The van der Waals surface area contributed by atoms with Gasteiger partial charge in [0.1, 0.15) is 5.52 Å². The summed E-state index contributed by atoms with van der Waals surface area (Å²) in [4.78, 5) is 27.7. The molecule has 1 aromatic carbocycles. The average Bonchev–Trinajstić information content (AvgIpc) is 3.26. The zero-order chi connectivity index (χ0) is 19.9. The van der Waals surface area contributed by atoms with Gasteiger partial charge in [-0.1, -0.05) is 39.0 Å². The van der Waals surface area contributed by atoms with Gasteiger partial charge >= 0.3 is 0 Å². The molecule has 146 valence electrons. The van der Waals surface area contributed by atoms with Crippen LogP contribution in [0.25, 0.3) is 22.4 Å². The third-order valence-electron chi connectivity index (χ3n) is 5.61. The molecule has 5 nitrogen and oxygen atoms in total. The van der Waals surface area contributed by atoms with E-state index in [1.807, 2.05) is 20.8 Å². The highest BCUT2D eigenvalue weighted by Crippen LogP contribution is 2.27. The molecule has 0 bridgehead atoms. The quantitative estimate of drug-likeness (QED) is 0.662. The predicted octanol–water partition coefficient (Wildman–Crippen LogP) is 4.84. The SMILES string of the molecule is CC1CCCN1Cc1cccc(-c2cnc3[nH]cc(C(=O)C(C)(C)C)c3n2)c1. The van der Waals surface area contributed by atoms with Crippen molar-refractivity contribution in [2.45, 2.75) is 53.1 Å². The first-order valence-corrected chi connectivity index (χ1v) is 10.1. The number of H-pyrrole nitrogens is 1. The molecule has 4 rings (SSSR count). The summed E-state index contributed by atoms with van der Waals surface area (Å²) in [6.07, 6.45) is 6.07. The average molecular weight is 377 g/mol. The first kappa shape index (κ1) is 18.8. The van der Waals surface area contributed by atoms with Crippen LogP contribution in [0.4, 0.5) is 0 Å². The summed E-state index contributed by atoms with van der Waals surface area (Å²) < 4.78 is 0. The maximum absolute atomic E-state index is 12.8. The fraction of sp³-hybridized carbons (Fsp3) is 0.435. The summed E-state index contributed by atoms with van der Waals surface area (Å²) in [6.45, 7) is 10.2. The van der Waals surface area contributed by atoms with Crippen molar-refractivity contribution in [3.63, 3.8) is 0 Å². The van der Waals surface area contributed by atoms with E-state index in [0.717, 1.165) is 17.8 Å². The number of fused-ring (bicyclic) bond motifs is 1. The highest BCUT2D eigenvalue weighted by molar-refractivity contribution is 6.08. The third-order valence-corrected chi connectivity index (χ3v) is 5.61. The summed E-state index contributed by atoms with van der Waals surface area (Å²) in [5.74, 6) is 0.0713. The Morgan fingerprint density at radius 1 is 1.32 bits per heavy atom. The van der Waals surface area contributed by atoms with Crippen LogP contribution < -0.4 is 0 Å². The number of ketones is 1. The topological polar surface area (TPSA) is 61.9 Å². The van der Waals surface area contributed by atoms with Crippen LogP contribution in [-0.2, 0) is 6.54 Å². The maximum Gasteiger partial charge on any atom is 0.171 e. The van der Waals surface area contributed by atoms with Crippen LogP contribution in [0, 0.1) is 5.41 Å². The minimum absolute atomic E-state index is 0.0713. The number of nitrogens with one attached hydrogen (secondary N) is 1. The van der Waals surface area contributed by atoms with E-state index in [0.29, 0.717) is 22.8 Å². The number of carbonyl (C=O) groups is 1. The molecule has 1 unspecified atom stereocenters. The lowest BCUT2D eigenvalue weighted by molar-refractivity contribution is 0.0860. The van der Waals surface area contributed by atoms with Crippen LogP contribution in [0.15, 0.2) is 36.7 Å². The van der Waals surface area contributed by atoms with Gasteiger partial charge in [0.2, 0.25) is 0 Å². The van der Waals surface area contributed by atoms with Crippen LogP contribution >= 0.6 is 0 Å². The lowest BCUT2D eigenvalue weighted by Gasteiger charge is -2.21. The van der Waals surface area contributed by atoms with Gasteiger partial charge in [-0.2, -0.15) is 0 Å². The number of rotatable bonds is 4. The molecule has 0 spiro atoms. The van der Waals surface area contributed by atoms with Crippen molar-refractivity contribution in [3.8, 4) is 11.3 Å². The number of nitrogens with zero attached hydrogens (tertiary/aromatic N) is 3. The van der Waals surface area contributed by atoms with Crippen LogP contribution in [0.2, 0.25) is 0 Å². The van der Waals surface area contributed by atoms with Gasteiger partial charge in [-0.15, -0.1) is 0 Å². The second-order valence-corrected chi connectivity index (χ2v) is 8.90. The molecular formula is C23H28N4O. The van der Waals surface area contributed by atoms with Gasteiger partial charge in [0.05, 0.1) is 17.5 Å². The largest absolute Gasteiger partial charge is 0.344 e. The van der Waals surface area contributed by atoms with Crippen molar-refractivity contribution in [1.29, 1.82) is 0 Å². The van der Waals surface area contributed by atoms with Crippen LogP contribution in [0.3, 0.4) is 0 Å². The van der Waals surface area contributed by atoms with E-state index in [1.165, 1.54) is 24.9 Å². The summed E-state index contributed by atoms with van der Waals surface area (Å²) in [5, 5.41) is 0. The molecule has 1 atom stereocenters. The summed E-state index contributed by atoms with van der Waals surface area (Å²) in [5.41, 5.74) is 4.57. The number of carbonyl (C=O) groups excluding carboxylic acids is 1. The van der Waals surface area contributed by atoms with E-state index in [2.05, 4.69) is 46.1 Å². The fourth-order valence-electron chi connectivity index (χ4n) is 3.90. The smallest absolute Gasteiger partial charge is 0.171 e. The van der Waals surface area contributed by atoms with Crippen molar-refractivity contribution in [1.82, 2.24) is 19.9 Å². The van der Waals surface area contributed by atoms with Crippen molar-refractivity contribution in [3.05, 3.63) is 47.8 Å². The fourth-order valence-corrected chi connectivity index (χ4v) is 3.90. The van der Waals surface area contributed by atoms with E-state index in [1.54, 1.807) is 12.4 Å². The van der Waals surface area contributed by atoms with Gasteiger partial charge in [0.15, 0.2) is 11.4 Å². The molecule has 1 saturated heterocycles. The Labute approximate surface area is 166 Å². The molecule has 1 fully saturated rings. The number of aromatic nitrogens is 3. The summed E-state index contributed by atoms with van der Waals surface area (Å²) in [6, 6.07) is 9.15. The number of hydrogen-bond donors (Lipinski definition) is 1. The lowest BCUT2D eigenvalue weighted by atomic mass is 9.87. The first-order chi connectivity index (χ1) is 13.3. The number of benzene rings is 1. The number of hydrogen-bond acceptors (Lipinski definition) is 4. The lowest BCUT2D eigenvalue weighted by Crippen LogP contribution is -2.26. The van der Waals surface area contributed by atoms with Crippen LogP contribution in [-0.4, -0.2) is 38.2 Å². The van der Waals surface area contributed by atoms with Crippen molar-refractivity contribution >= 4 is 16.9 Å². The molecule has 0 amide bonds. The standard InChI is InChI=1S/C23H28N4O/c1-15-7-6-10-27(15)14-16-8-5-9-17(11-16)19-13-25-22-20(26-19)18(12-24-22)21(28)23(2,3)4/h5,8-9,11-13,15H,6-7,10,14H2,1-4H3,(H,24,25). The molecule has 0 aliphatic carbocycles. The van der Waals surface area contributed by atoms with E-state index in [4.69, 9.17) is 4.98 Å². The highest BCUT2D eigenvalue weighted by atomic mass is 16.1. The third kappa shape index (κ3) is 3.59. The zero-order valence-corrected chi connectivity index (χ0v) is 17.1. The molecule has 0 radical (unpaired) electrons. The van der Waals surface area contributed by atoms with Crippen LogP contribution in [0.5, 0.6) is 0 Å². The molecule has 1 aliphatic heterocycles. The Hall–Kier alpha value is -2.53. The molecule has 1 N–H and O–H groups in total. The Bertz CT molecular complexity index is 1010. The number of aromatic amines is 1. The van der Waals surface area contributed by atoms with Gasteiger partial charge in [-0.05, 0) is 37.9 Å². The van der Waals surface area contributed by atoms with E-state index >= 15 is 0 Å². The maximum atomic E-state index is 12.8. The molecule has 5 heteroatoms. The second-order valence-electron chi connectivity index (χ2n) is 8.90. The second kappa shape index (κ2) is 7.13. The van der Waals surface area contributed by atoms with Gasteiger partial charge in [-0.3, -0.25) is 9.69 Å². The Kier molecular flexibility index (Phi) is 4.79. The highest BCUT2D eigenvalue weighted by Gasteiger charge is 2.26. The Morgan fingerprint density at radius 2 is 2.14 bits per heavy atom. The first-order valence-electron chi connectivity index (χ1n) is 10.1. The van der Waals surface area contributed by atoms with E-state index in [9.17, 15) is 4.79 Å². The molecule has 28 heavy (non-hydrogen) atoms. The molecule has 3 aromatic rings. The summed E-state index contributed by atoms with van der Waals surface area (Å²) >= 11 is 0. The van der Waals surface area contributed by atoms with Gasteiger partial charge in [0.25, 0.3) is 0 Å². The Balaban J connectivity index is 1.67. The molecular weight excluding hydrogens is 348 g/mol. The van der Waals surface area contributed by atoms with Crippen molar-refractivity contribution in [2.75, 3.05) is 6.54 Å². The zero-order valence-electron chi connectivity index (χ0n) is 17.1. The normalized spacial score (nSPS) is 18.1. The predicted molar refractivity (Wildman–Crippen MR) is 112 cm³/mol. The van der Waals surface area contributed by atoms with Gasteiger partial charge in [-0.25, -0.2) is 9.97 Å². The monoisotopic (exact) mass is 376 g/mol. The van der Waals surface area contributed by atoms with Gasteiger partial charge in [0, 0.05) is 29.8 Å². The van der Waals surface area contributed by atoms with Crippen molar-refractivity contribution in [2.24, 2.45) is 5.41 Å². The van der Waals surface area contributed by atoms with Crippen molar-refractivity contribution < 1.29 is 4.79 Å². The van der Waals surface area contributed by atoms with Gasteiger partial charge < -0.3 is 4.98 Å². The molecule has 2 aromatic heterocycles.